The number of nitrogens with zero attached hydrogens (tertiary/aromatic N) is 3. The van der Waals surface area contributed by atoms with Gasteiger partial charge in [-0.1, -0.05) is 6.92 Å². The van der Waals surface area contributed by atoms with E-state index >= 15 is 0 Å². The van der Waals surface area contributed by atoms with Gasteiger partial charge in [0.05, 0.1) is 6.54 Å². The molecule has 9 heavy (non-hydrogen) atoms. The SMILES string of the molecule is CCN=N/N=C(\N)CC. The normalized spacial score (nSPS) is 12.9. The Bertz CT molecular complexity index is 116. The molecule has 0 saturated heterocycles. The van der Waals surface area contributed by atoms with E-state index in [1.165, 1.54) is 0 Å². The molecule has 4 heteroatoms. The first-order valence-corrected chi connectivity index (χ1v) is 3.00. The highest BCUT2D eigenvalue weighted by Gasteiger charge is 1.80. The van der Waals surface area contributed by atoms with Crippen molar-refractivity contribution in [1.29, 1.82) is 0 Å². The van der Waals surface area contributed by atoms with Crippen LogP contribution >= 0.6 is 0 Å². The molecule has 0 aromatic carbocycles. The molecule has 0 saturated carbocycles. The second-order valence-electron chi connectivity index (χ2n) is 1.49. The average Bonchev–Trinajstić information content (AvgIpc) is 1.89. The van der Waals surface area contributed by atoms with Crippen LogP contribution in [-0.4, -0.2) is 12.4 Å². The van der Waals surface area contributed by atoms with Gasteiger partial charge < -0.3 is 5.73 Å². The molecule has 0 bridgehead atoms. The number of hydrogen-bond acceptors (Lipinski definition) is 2. The zero-order valence-corrected chi connectivity index (χ0v) is 5.83. The summed E-state index contributed by atoms with van der Waals surface area (Å²) < 4.78 is 0. The quantitative estimate of drug-likeness (QED) is 0.263. The molecule has 0 heterocycles. The van der Waals surface area contributed by atoms with E-state index in [4.69, 9.17) is 5.73 Å². The molecule has 0 rings (SSSR count). The van der Waals surface area contributed by atoms with Crippen LogP contribution in [0.3, 0.4) is 0 Å². The Morgan fingerprint density at radius 2 is 2.11 bits per heavy atom. The highest BCUT2D eigenvalue weighted by Crippen LogP contribution is 1.80. The fourth-order valence-corrected chi connectivity index (χ4v) is 0.223. The highest BCUT2D eigenvalue weighted by molar-refractivity contribution is 5.79. The van der Waals surface area contributed by atoms with Crippen molar-refractivity contribution in [3.63, 3.8) is 0 Å². The Labute approximate surface area is 54.9 Å². The minimum absolute atomic E-state index is 0.521. The smallest absolute Gasteiger partial charge is 0.123 e. The van der Waals surface area contributed by atoms with Gasteiger partial charge >= 0.3 is 0 Å². The van der Waals surface area contributed by atoms with Crippen molar-refractivity contribution >= 4 is 5.84 Å². The number of hydrogen-bond donors (Lipinski definition) is 1. The van der Waals surface area contributed by atoms with Crippen LogP contribution < -0.4 is 5.73 Å². The summed E-state index contributed by atoms with van der Waals surface area (Å²) in [6.45, 7) is 4.46. The van der Waals surface area contributed by atoms with Crippen molar-refractivity contribution in [2.24, 2.45) is 21.2 Å². The summed E-state index contributed by atoms with van der Waals surface area (Å²) in [5, 5.41) is 10.7. The third kappa shape index (κ3) is 4.93. The van der Waals surface area contributed by atoms with E-state index in [9.17, 15) is 0 Å². The van der Waals surface area contributed by atoms with Crippen LogP contribution in [0, 0.1) is 0 Å². The minimum atomic E-state index is 0.521. The van der Waals surface area contributed by atoms with Gasteiger partial charge in [-0.3, -0.25) is 0 Å². The maximum Gasteiger partial charge on any atom is 0.123 e. The van der Waals surface area contributed by atoms with Gasteiger partial charge in [-0.05, 0) is 12.1 Å². The third-order valence-corrected chi connectivity index (χ3v) is 0.740. The molecular weight excluding hydrogens is 116 g/mol. The standard InChI is InChI=1S/C5H12N4/c1-3-5(6)8-9-7-4-2/h3-4H2,1-2H3,(H2,6,7,8). The van der Waals surface area contributed by atoms with E-state index in [1.54, 1.807) is 0 Å². The van der Waals surface area contributed by atoms with Crippen LogP contribution in [0.4, 0.5) is 0 Å². The van der Waals surface area contributed by atoms with Gasteiger partial charge in [0.25, 0.3) is 0 Å². The molecule has 0 aliphatic heterocycles. The maximum absolute atomic E-state index is 5.31. The summed E-state index contributed by atoms with van der Waals surface area (Å²) in [6, 6.07) is 0. The predicted octanol–water partition coefficient (Wildman–Crippen LogP) is 1.14. The lowest BCUT2D eigenvalue weighted by atomic mass is 10.5. The molecule has 4 nitrogen and oxygen atoms in total. The van der Waals surface area contributed by atoms with Crippen molar-refractivity contribution in [2.45, 2.75) is 20.3 Å². The molecular formula is C5H12N4. The summed E-state index contributed by atoms with van der Waals surface area (Å²) in [7, 11) is 0. The van der Waals surface area contributed by atoms with Crippen LogP contribution in [0.15, 0.2) is 15.4 Å². The Hall–Kier alpha value is -0.930. The van der Waals surface area contributed by atoms with Gasteiger partial charge in [0.1, 0.15) is 5.84 Å². The number of nitrogens with two attached hydrogens (primary N) is 1. The van der Waals surface area contributed by atoms with Crippen LogP contribution in [0.5, 0.6) is 0 Å². The average molecular weight is 128 g/mol. The number of rotatable bonds is 3. The first-order chi connectivity index (χ1) is 4.31. The summed E-state index contributed by atoms with van der Waals surface area (Å²) in [5.74, 6) is 0.521. The first-order valence-electron chi connectivity index (χ1n) is 3.00. The lowest BCUT2D eigenvalue weighted by molar-refractivity contribution is 0.919. The van der Waals surface area contributed by atoms with Crippen LogP contribution in [-0.2, 0) is 0 Å². The Morgan fingerprint density at radius 1 is 1.44 bits per heavy atom. The fourth-order valence-electron chi connectivity index (χ4n) is 0.223. The summed E-state index contributed by atoms with van der Waals surface area (Å²) in [5.41, 5.74) is 5.31. The second-order valence-corrected chi connectivity index (χ2v) is 1.49. The van der Waals surface area contributed by atoms with E-state index in [1.807, 2.05) is 13.8 Å². The third-order valence-electron chi connectivity index (χ3n) is 0.740. The summed E-state index contributed by atoms with van der Waals surface area (Å²) in [6.07, 6.45) is 0.725. The van der Waals surface area contributed by atoms with E-state index in [0.717, 1.165) is 6.42 Å². The Balaban J connectivity index is 3.55. The summed E-state index contributed by atoms with van der Waals surface area (Å²) >= 11 is 0. The molecule has 0 amide bonds. The van der Waals surface area contributed by atoms with E-state index < -0.39 is 0 Å². The Morgan fingerprint density at radius 3 is 2.56 bits per heavy atom. The zero-order valence-electron chi connectivity index (χ0n) is 5.83. The van der Waals surface area contributed by atoms with Gasteiger partial charge in [-0.15, -0.1) is 5.10 Å². The van der Waals surface area contributed by atoms with E-state index in [-0.39, 0.29) is 0 Å². The fraction of sp³-hybridized carbons (Fsp3) is 0.800. The minimum Gasteiger partial charge on any atom is -0.386 e. The van der Waals surface area contributed by atoms with Gasteiger partial charge in [0.15, 0.2) is 0 Å². The summed E-state index contributed by atoms with van der Waals surface area (Å²) in [4.78, 5) is 0. The van der Waals surface area contributed by atoms with Crippen molar-refractivity contribution in [1.82, 2.24) is 0 Å². The molecule has 0 radical (unpaired) electrons. The molecule has 0 spiro atoms. The molecule has 2 N–H and O–H groups in total. The molecule has 0 aromatic rings. The molecule has 0 atom stereocenters. The zero-order chi connectivity index (χ0) is 7.11. The topological polar surface area (TPSA) is 63.1 Å². The van der Waals surface area contributed by atoms with Crippen molar-refractivity contribution in [3.05, 3.63) is 0 Å². The molecule has 0 fully saturated rings. The van der Waals surface area contributed by atoms with Crippen LogP contribution in [0.1, 0.15) is 20.3 Å². The largest absolute Gasteiger partial charge is 0.386 e. The monoisotopic (exact) mass is 128 g/mol. The van der Waals surface area contributed by atoms with Crippen LogP contribution in [0.2, 0.25) is 0 Å². The lowest BCUT2D eigenvalue weighted by Crippen LogP contribution is -2.08. The van der Waals surface area contributed by atoms with E-state index in [2.05, 4.69) is 15.4 Å². The molecule has 0 unspecified atom stereocenters. The van der Waals surface area contributed by atoms with Gasteiger partial charge in [0.2, 0.25) is 0 Å². The molecule has 0 aliphatic carbocycles. The molecule has 0 aromatic heterocycles. The Kier molecular flexibility index (Phi) is 4.67. The lowest BCUT2D eigenvalue weighted by Gasteiger charge is -1.85. The van der Waals surface area contributed by atoms with Crippen molar-refractivity contribution in [3.8, 4) is 0 Å². The maximum atomic E-state index is 5.31. The van der Waals surface area contributed by atoms with Crippen molar-refractivity contribution < 1.29 is 0 Å². The van der Waals surface area contributed by atoms with Gasteiger partial charge in [-0.25, -0.2) is 0 Å². The van der Waals surface area contributed by atoms with E-state index in [0.29, 0.717) is 12.4 Å². The van der Waals surface area contributed by atoms with Gasteiger partial charge in [-0.2, -0.15) is 5.11 Å². The van der Waals surface area contributed by atoms with Crippen molar-refractivity contribution in [2.75, 3.05) is 6.54 Å². The second kappa shape index (κ2) is 5.21. The predicted molar refractivity (Wildman–Crippen MR) is 37.3 cm³/mol. The van der Waals surface area contributed by atoms with Gasteiger partial charge in [0, 0.05) is 6.42 Å². The molecule has 0 aliphatic rings. The number of amidine groups is 1. The molecule has 52 valence electrons. The van der Waals surface area contributed by atoms with Crippen LogP contribution in [0.25, 0.3) is 0 Å². The first kappa shape index (κ1) is 8.07. The highest BCUT2D eigenvalue weighted by atomic mass is 15.4.